The van der Waals surface area contributed by atoms with Crippen LogP contribution in [0.1, 0.15) is 19.0 Å². The fourth-order valence-corrected chi connectivity index (χ4v) is 2.86. The number of benzene rings is 1. The van der Waals surface area contributed by atoms with Crippen molar-refractivity contribution in [2.24, 2.45) is 0 Å². The van der Waals surface area contributed by atoms with Crippen LogP contribution in [0.15, 0.2) is 35.4 Å². The maximum Gasteiger partial charge on any atom is 0.265 e. The molecule has 0 aliphatic rings. The van der Waals surface area contributed by atoms with Gasteiger partial charge in [-0.15, -0.1) is 0 Å². The number of hydrogen-bond acceptors (Lipinski definition) is 4. The molecule has 0 amide bonds. The number of aromatic amines is 1. The van der Waals surface area contributed by atoms with Gasteiger partial charge in [0.1, 0.15) is 10.6 Å². The van der Waals surface area contributed by atoms with E-state index in [1.54, 1.807) is 31.2 Å². The van der Waals surface area contributed by atoms with Crippen molar-refractivity contribution < 1.29 is 13.2 Å². The summed E-state index contributed by atoms with van der Waals surface area (Å²) in [5.74, 6) is 0.717. The third-order valence-electron chi connectivity index (χ3n) is 2.65. The first-order valence-corrected chi connectivity index (χ1v) is 7.77. The van der Waals surface area contributed by atoms with Crippen LogP contribution in [0.2, 0.25) is 0 Å². The second-order valence-electron chi connectivity index (χ2n) is 4.34. The largest absolute Gasteiger partial charge is 0.494 e. The van der Waals surface area contributed by atoms with Crippen LogP contribution in [0.25, 0.3) is 0 Å². The number of sulfonamides is 1. The highest BCUT2D eigenvalue weighted by Crippen LogP contribution is 2.20. The number of hydrogen-bond donors (Lipinski definition) is 2. The molecule has 1 aromatic heterocycles. The van der Waals surface area contributed by atoms with E-state index in [0.717, 1.165) is 6.42 Å². The number of nitrogens with zero attached hydrogens (tertiary/aromatic N) is 1. The summed E-state index contributed by atoms with van der Waals surface area (Å²) in [7, 11) is -3.62. The Kier molecular flexibility index (Phi) is 4.29. The Morgan fingerprint density at radius 2 is 2.00 bits per heavy atom. The third-order valence-corrected chi connectivity index (χ3v) is 4.15. The summed E-state index contributed by atoms with van der Waals surface area (Å²) in [5.41, 5.74) is 0.981. The van der Waals surface area contributed by atoms with Crippen LogP contribution in [-0.4, -0.2) is 25.2 Å². The van der Waals surface area contributed by atoms with Gasteiger partial charge < -0.3 is 4.74 Å². The summed E-state index contributed by atoms with van der Waals surface area (Å²) >= 11 is 0. The molecule has 0 saturated carbocycles. The zero-order chi connectivity index (χ0) is 14.6. The molecule has 0 aliphatic heterocycles. The van der Waals surface area contributed by atoms with Crippen LogP contribution < -0.4 is 9.46 Å². The number of H-pyrrole nitrogens is 1. The van der Waals surface area contributed by atoms with Crippen molar-refractivity contribution in [2.75, 3.05) is 11.3 Å². The Bertz CT molecular complexity index is 662. The Morgan fingerprint density at radius 1 is 1.30 bits per heavy atom. The Labute approximate surface area is 118 Å². The highest BCUT2D eigenvalue weighted by Gasteiger charge is 2.18. The maximum atomic E-state index is 12.1. The summed E-state index contributed by atoms with van der Waals surface area (Å²) in [6, 6.07) is 6.79. The number of aryl methyl sites for hydroxylation is 1. The van der Waals surface area contributed by atoms with Gasteiger partial charge in [0.2, 0.25) is 0 Å². The first kappa shape index (κ1) is 14.4. The minimum Gasteiger partial charge on any atom is -0.494 e. The van der Waals surface area contributed by atoms with Gasteiger partial charge in [0.15, 0.2) is 0 Å². The minimum atomic E-state index is -3.62. The quantitative estimate of drug-likeness (QED) is 0.856. The molecular weight excluding hydrogens is 278 g/mol. The summed E-state index contributed by atoms with van der Waals surface area (Å²) < 4.78 is 32.2. The van der Waals surface area contributed by atoms with Crippen LogP contribution in [-0.2, 0) is 10.0 Å². The SMILES string of the molecule is CCCOc1ccc(NS(=O)(=O)c2cn[nH]c2C)cc1. The predicted molar refractivity (Wildman–Crippen MR) is 76.4 cm³/mol. The van der Waals surface area contributed by atoms with Crippen LogP contribution in [0.3, 0.4) is 0 Å². The normalized spacial score (nSPS) is 11.3. The first-order chi connectivity index (χ1) is 9.53. The lowest BCUT2D eigenvalue weighted by Gasteiger charge is -2.08. The van der Waals surface area contributed by atoms with Crippen molar-refractivity contribution in [3.8, 4) is 5.75 Å². The van der Waals surface area contributed by atoms with Gasteiger partial charge in [0.05, 0.1) is 18.5 Å². The Morgan fingerprint density at radius 3 is 2.55 bits per heavy atom. The Balaban J connectivity index is 2.12. The van der Waals surface area contributed by atoms with Crippen molar-refractivity contribution in [3.63, 3.8) is 0 Å². The summed E-state index contributed by atoms with van der Waals surface area (Å²) in [6.07, 6.45) is 2.21. The summed E-state index contributed by atoms with van der Waals surface area (Å²) in [6.45, 7) is 4.32. The van der Waals surface area contributed by atoms with Gasteiger partial charge in [-0.05, 0) is 37.6 Å². The van der Waals surface area contributed by atoms with E-state index in [4.69, 9.17) is 4.74 Å². The molecule has 1 aromatic carbocycles. The standard InChI is InChI=1S/C13H17N3O3S/c1-3-8-19-12-6-4-11(5-7-12)16-20(17,18)13-9-14-15-10(13)2/h4-7,9,16H,3,8H2,1-2H3,(H,14,15). The van der Waals surface area contributed by atoms with Gasteiger partial charge in [-0.25, -0.2) is 8.42 Å². The molecular formula is C13H17N3O3S. The molecule has 1 heterocycles. The lowest BCUT2D eigenvalue weighted by atomic mass is 10.3. The molecule has 6 nitrogen and oxygen atoms in total. The number of aromatic nitrogens is 2. The van der Waals surface area contributed by atoms with E-state index in [9.17, 15) is 8.42 Å². The van der Waals surface area contributed by atoms with Gasteiger partial charge in [-0.3, -0.25) is 9.82 Å². The van der Waals surface area contributed by atoms with Crippen molar-refractivity contribution >= 4 is 15.7 Å². The van der Waals surface area contributed by atoms with E-state index >= 15 is 0 Å². The summed E-state index contributed by atoms with van der Waals surface area (Å²) in [5, 5.41) is 6.32. The molecule has 2 N–H and O–H groups in total. The predicted octanol–water partition coefficient (Wildman–Crippen LogP) is 2.31. The molecule has 0 radical (unpaired) electrons. The van der Waals surface area contributed by atoms with E-state index in [1.807, 2.05) is 6.92 Å². The van der Waals surface area contributed by atoms with Gasteiger partial charge in [0, 0.05) is 5.69 Å². The number of ether oxygens (including phenoxy) is 1. The molecule has 108 valence electrons. The lowest BCUT2D eigenvalue weighted by molar-refractivity contribution is 0.317. The highest BCUT2D eigenvalue weighted by molar-refractivity contribution is 7.92. The molecule has 0 unspecified atom stereocenters. The molecule has 0 aliphatic carbocycles. The van der Waals surface area contributed by atoms with E-state index in [1.165, 1.54) is 6.20 Å². The van der Waals surface area contributed by atoms with E-state index in [2.05, 4.69) is 14.9 Å². The minimum absolute atomic E-state index is 0.142. The molecule has 7 heteroatoms. The van der Waals surface area contributed by atoms with Crippen molar-refractivity contribution in [1.29, 1.82) is 0 Å². The molecule has 0 spiro atoms. The zero-order valence-electron chi connectivity index (χ0n) is 11.4. The first-order valence-electron chi connectivity index (χ1n) is 6.28. The maximum absolute atomic E-state index is 12.1. The second-order valence-corrected chi connectivity index (χ2v) is 5.99. The molecule has 20 heavy (non-hydrogen) atoms. The molecule has 0 fully saturated rings. The number of nitrogens with one attached hydrogen (secondary N) is 2. The molecule has 0 atom stereocenters. The van der Waals surface area contributed by atoms with E-state index in [-0.39, 0.29) is 4.90 Å². The summed E-state index contributed by atoms with van der Waals surface area (Å²) in [4.78, 5) is 0.142. The van der Waals surface area contributed by atoms with Crippen LogP contribution >= 0.6 is 0 Å². The third kappa shape index (κ3) is 3.30. The van der Waals surface area contributed by atoms with Gasteiger partial charge >= 0.3 is 0 Å². The smallest absolute Gasteiger partial charge is 0.265 e. The van der Waals surface area contributed by atoms with Crippen molar-refractivity contribution in [2.45, 2.75) is 25.2 Å². The monoisotopic (exact) mass is 295 g/mol. The fourth-order valence-electron chi connectivity index (χ4n) is 1.66. The lowest BCUT2D eigenvalue weighted by Crippen LogP contribution is -2.13. The molecule has 0 saturated heterocycles. The van der Waals surface area contributed by atoms with Crippen LogP contribution in [0.4, 0.5) is 5.69 Å². The van der Waals surface area contributed by atoms with E-state index in [0.29, 0.717) is 23.7 Å². The van der Waals surface area contributed by atoms with Crippen molar-refractivity contribution in [3.05, 3.63) is 36.2 Å². The second kappa shape index (κ2) is 5.96. The van der Waals surface area contributed by atoms with Crippen molar-refractivity contribution in [1.82, 2.24) is 10.2 Å². The molecule has 0 bridgehead atoms. The zero-order valence-corrected chi connectivity index (χ0v) is 12.2. The van der Waals surface area contributed by atoms with Crippen LogP contribution in [0.5, 0.6) is 5.75 Å². The van der Waals surface area contributed by atoms with Crippen LogP contribution in [0, 0.1) is 6.92 Å². The van der Waals surface area contributed by atoms with Gasteiger partial charge in [-0.1, -0.05) is 6.92 Å². The average Bonchev–Trinajstić information content (AvgIpc) is 2.85. The van der Waals surface area contributed by atoms with Gasteiger partial charge in [-0.2, -0.15) is 5.10 Å². The Hall–Kier alpha value is -2.02. The number of rotatable bonds is 6. The molecule has 2 rings (SSSR count). The molecule has 2 aromatic rings. The van der Waals surface area contributed by atoms with E-state index < -0.39 is 10.0 Å². The average molecular weight is 295 g/mol. The topological polar surface area (TPSA) is 84.1 Å². The number of anilines is 1. The highest BCUT2D eigenvalue weighted by atomic mass is 32.2. The fraction of sp³-hybridized carbons (Fsp3) is 0.308. The van der Waals surface area contributed by atoms with Gasteiger partial charge in [0.25, 0.3) is 10.0 Å².